The molecule has 0 bridgehead atoms. The summed E-state index contributed by atoms with van der Waals surface area (Å²) >= 11 is 7.18. The molecule has 1 aliphatic carbocycles. The number of imidazole rings is 1. The van der Waals surface area contributed by atoms with Gasteiger partial charge in [-0.2, -0.15) is 0 Å². The van der Waals surface area contributed by atoms with Gasteiger partial charge in [0, 0.05) is 18.3 Å². The Kier molecular flexibility index (Phi) is 6.01. The van der Waals surface area contributed by atoms with E-state index in [-0.39, 0.29) is 29.4 Å². The van der Waals surface area contributed by atoms with E-state index in [4.69, 9.17) is 11.6 Å². The lowest BCUT2D eigenvalue weighted by Crippen LogP contribution is -2.38. The van der Waals surface area contributed by atoms with Crippen molar-refractivity contribution in [2.75, 3.05) is 0 Å². The largest absolute Gasteiger partial charge is 0.477 e. The van der Waals surface area contributed by atoms with E-state index in [0.717, 1.165) is 19.3 Å². The van der Waals surface area contributed by atoms with Crippen LogP contribution in [0, 0.1) is 5.82 Å². The highest BCUT2D eigenvalue weighted by Gasteiger charge is 2.30. The van der Waals surface area contributed by atoms with Gasteiger partial charge < -0.3 is 15.0 Å². The minimum absolute atomic E-state index is 0.0787. The number of halogens is 2. The molecule has 4 aromatic rings. The Labute approximate surface area is 202 Å². The van der Waals surface area contributed by atoms with Crippen LogP contribution < -0.4 is 5.32 Å². The maximum absolute atomic E-state index is 14.7. The Morgan fingerprint density at radius 3 is 2.82 bits per heavy atom. The number of carboxylic acid groups (broad SMARTS) is 1. The SMILES string of the molecule is O=C(O)c1cc2nc(-c3ncccc3F)n(C3CCCC(NC(=O)c4ccc(Cl)s4)C3)c2cn1. The standard InChI is InChI=1S/C23H19ClFN5O3S/c24-19-7-6-18(34-19)22(31)28-12-3-1-4-13(9-12)30-17-11-27-16(23(32)33)10-15(17)29-21(30)20-14(25)5-2-8-26-20/h2,5-8,10-13H,1,3-4,9H2,(H,28,31)(H,32,33). The molecule has 0 aliphatic heterocycles. The maximum atomic E-state index is 14.7. The summed E-state index contributed by atoms with van der Waals surface area (Å²) in [6.45, 7) is 0. The van der Waals surface area contributed by atoms with Gasteiger partial charge >= 0.3 is 5.97 Å². The Morgan fingerprint density at radius 2 is 2.09 bits per heavy atom. The van der Waals surface area contributed by atoms with Crippen molar-refractivity contribution in [3.8, 4) is 11.5 Å². The maximum Gasteiger partial charge on any atom is 0.354 e. The van der Waals surface area contributed by atoms with Gasteiger partial charge in [0.25, 0.3) is 5.91 Å². The predicted octanol–water partition coefficient (Wildman–Crippen LogP) is 4.96. The molecule has 174 valence electrons. The third-order valence-electron chi connectivity index (χ3n) is 5.91. The van der Waals surface area contributed by atoms with Gasteiger partial charge in [0.2, 0.25) is 0 Å². The molecule has 0 radical (unpaired) electrons. The Balaban J connectivity index is 1.52. The number of aromatic nitrogens is 4. The molecular formula is C23H19ClFN5O3S. The zero-order chi connectivity index (χ0) is 23.8. The van der Waals surface area contributed by atoms with Gasteiger partial charge in [-0.05, 0) is 56.0 Å². The average molecular weight is 500 g/mol. The van der Waals surface area contributed by atoms with Crippen LogP contribution in [0.3, 0.4) is 0 Å². The normalized spacial score (nSPS) is 18.2. The van der Waals surface area contributed by atoms with Crippen LogP contribution in [-0.4, -0.2) is 42.5 Å². The van der Waals surface area contributed by atoms with Crippen LogP contribution in [0.4, 0.5) is 4.39 Å². The molecule has 2 atom stereocenters. The van der Waals surface area contributed by atoms with E-state index in [9.17, 15) is 19.1 Å². The molecule has 0 spiro atoms. The molecule has 8 nitrogen and oxygen atoms in total. The number of amides is 1. The molecule has 5 rings (SSSR count). The molecule has 11 heteroatoms. The molecule has 1 fully saturated rings. The van der Waals surface area contributed by atoms with Gasteiger partial charge in [0.15, 0.2) is 11.6 Å². The lowest BCUT2D eigenvalue weighted by atomic mass is 9.90. The zero-order valence-electron chi connectivity index (χ0n) is 17.7. The van der Waals surface area contributed by atoms with Crippen LogP contribution in [0.2, 0.25) is 4.34 Å². The fourth-order valence-electron chi connectivity index (χ4n) is 4.42. The van der Waals surface area contributed by atoms with Gasteiger partial charge in [-0.1, -0.05) is 11.6 Å². The van der Waals surface area contributed by atoms with E-state index in [0.29, 0.717) is 32.5 Å². The molecule has 4 aromatic heterocycles. The third-order valence-corrected chi connectivity index (χ3v) is 7.14. The van der Waals surface area contributed by atoms with Crippen molar-refractivity contribution >= 4 is 45.8 Å². The first kappa shape index (κ1) is 22.4. The molecule has 34 heavy (non-hydrogen) atoms. The summed E-state index contributed by atoms with van der Waals surface area (Å²) in [5.74, 6) is -1.57. The molecule has 2 N–H and O–H groups in total. The van der Waals surface area contributed by atoms with Crippen LogP contribution in [0.5, 0.6) is 0 Å². The summed E-state index contributed by atoms with van der Waals surface area (Å²) in [4.78, 5) is 37.4. The van der Waals surface area contributed by atoms with Crippen molar-refractivity contribution < 1.29 is 19.1 Å². The van der Waals surface area contributed by atoms with Crippen LogP contribution >= 0.6 is 22.9 Å². The van der Waals surface area contributed by atoms with Gasteiger partial charge in [-0.15, -0.1) is 11.3 Å². The number of pyridine rings is 2. The predicted molar refractivity (Wildman–Crippen MR) is 126 cm³/mol. The molecule has 2 unspecified atom stereocenters. The number of hydrogen-bond donors (Lipinski definition) is 2. The van der Waals surface area contributed by atoms with Crippen LogP contribution in [0.15, 0.2) is 42.7 Å². The molecule has 4 heterocycles. The second-order valence-electron chi connectivity index (χ2n) is 8.10. The molecular weight excluding hydrogens is 481 g/mol. The molecule has 1 aliphatic rings. The highest BCUT2D eigenvalue weighted by atomic mass is 35.5. The monoisotopic (exact) mass is 499 g/mol. The van der Waals surface area contributed by atoms with Crippen LogP contribution in [-0.2, 0) is 0 Å². The first-order valence-electron chi connectivity index (χ1n) is 10.7. The molecule has 0 aromatic carbocycles. The van der Waals surface area contributed by atoms with Crippen molar-refractivity contribution in [1.29, 1.82) is 0 Å². The van der Waals surface area contributed by atoms with Gasteiger partial charge in [-0.25, -0.2) is 24.1 Å². The number of rotatable bonds is 5. The summed E-state index contributed by atoms with van der Waals surface area (Å²) in [6.07, 6.45) is 5.96. The van der Waals surface area contributed by atoms with Crippen LogP contribution in [0.25, 0.3) is 22.6 Å². The fraction of sp³-hybridized carbons (Fsp3) is 0.261. The van der Waals surface area contributed by atoms with Crippen molar-refractivity contribution in [2.24, 2.45) is 0 Å². The second kappa shape index (κ2) is 9.11. The number of aromatic carboxylic acids is 1. The minimum Gasteiger partial charge on any atom is -0.477 e. The summed E-state index contributed by atoms with van der Waals surface area (Å²) in [6, 6.07) is 7.35. The highest BCUT2D eigenvalue weighted by molar-refractivity contribution is 7.18. The summed E-state index contributed by atoms with van der Waals surface area (Å²) < 4.78 is 17.1. The first-order valence-corrected chi connectivity index (χ1v) is 11.9. The van der Waals surface area contributed by atoms with E-state index >= 15 is 0 Å². The molecule has 0 saturated heterocycles. The van der Waals surface area contributed by atoms with Gasteiger partial charge in [0.05, 0.1) is 26.4 Å². The summed E-state index contributed by atoms with van der Waals surface area (Å²) in [5.41, 5.74) is 0.919. The number of carbonyl (C=O) groups is 2. The number of carbonyl (C=O) groups excluding carboxylic acids is 1. The number of nitrogens with one attached hydrogen (secondary N) is 1. The van der Waals surface area contributed by atoms with E-state index in [1.54, 1.807) is 12.1 Å². The Bertz CT molecular complexity index is 1400. The highest BCUT2D eigenvalue weighted by Crippen LogP contribution is 2.36. The minimum atomic E-state index is -1.17. The van der Waals surface area contributed by atoms with Gasteiger partial charge in [-0.3, -0.25) is 4.79 Å². The fourth-order valence-corrected chi connectivity index (χ4v) is 5.37. The smallest absolute Gasteiger partial charge is 0.354 e. The number of fused-ring (bicyclic) bond motifs is 1. The van der Waals surface area contributed by atoms with Crippen molar-refractivity contribution in [2.45, 2.75) is 37.8 Å². The number of thiophene rings is 1. The number of carboxylic acids is 1. The quantitative estimate of drug-likeness (QED) is 0.401. The van der Waals surface area contributed by atoms with Crippen molar-refractivity contribution in [1.82, 2.24) is 24.8 Å². The van der Waals surface area contributed by atoms with Crippen molar-refractivity contribution in [3.05, 3.63) is 63.5 Å². The van der Waals surface area contributed by atoms with E-state index in [1.165, 1.54) is 41.9 Å². The summed E-state index contributed by atoms with van der Waals surface area (Å²) in [7, 11) is 0. The lowest BCUT2D eigenvalue weighted by Gasteiger charge is -2.31. The zero-order valence-corrected chi connectivity index (χ0v) is 19.3. The second-order valence-corrected chi connectivity index (χ2v) is 9.81. The van der Waals surface area contributed by atoms with Gasteiger partial charge in [0.1, 0.15) is 11.4 Å². The third kappa shape index (κ3) is 4.26. The van der Waals surface area contributed by atoms with E-state index in [2.05, 4.69) is 20.3 Å². The number of hydrogen-bond acceptors (Lipinski definition) is 6. The number of nitrogens with zero attached hydrogens (tertiary/aromatic N) is 4. The Morgan fingerprint density at radius 1 is 1.24 bits per heavy atom. The van der Waals surface area contributed by atoms with Crippen LogP contribution in [0.1, 0.15) is 51.9 Å². The van der Waals surface area contributed by atoms with E-state index in [1.807, 2.05) is 4.57 Å². The van der Waals surface area contributed by atoms with E-state index < -0.39 is 11.8 Å². The lowest BCUT2D eigenvalue weighted by molar-refractivity contribution is 0.0690. The topological polar surface area (TPSA) is 110 Å². The molecule has 1 saturated carbocycles. The van der Waals surface area contributed by atoms with Crippen molar-refractivity contribution in [3.63, 3.8) is 0 Å². The molecule has 1 amide bonds. The average Bonchev–Trinajstić information content (AvgIpc) is 3.42. The Hall–Kier alpha value is -3.37. The summed E-state index contributed by atoms with van der Waals surface area (Å²) in [5, 5.41) is 12.4. The first-order chi connectivity index (χ1) is 16.4.